The Kier molecular flexibility index (Phi) is 8.76. The summed E-state index contributed by atoms with van der Waals surface area (Å²) in [7, 11) is -3.55. The molecule has 204 valence electrons. The Morgan fingerprint density at radius 1 is 0.750 bits per heavy atom. The minimum absolute atomic E-state index is 0.190. The number of nitrogens with zero attached hydrogens (tertiary/aromatic N) is 2. The van der Waals surface area contributed by atoms with E-state index in [2.05, 4.69) is 15.8 Å². The standard InChI is InChI=1S/C31H30N4O4S/c1-22-9-7-8-12-27(22)21-35(40(3,38)39)29-19-15-26(16-20-29)31(37)34-33-23(2)24-13-17-28(18-14-24)32-30(36)25-10-5-4-6-11-25/h4-20H,21H2,1-3H3,(H,32,36)(H,34,37)/b33-23-. The average Bonchev–Trinajstić information content (AvgIpc) is 2.95. The van der Waals surface area contributed by atoms with Crippen molar-refractivity contribution < 1.29 is 18.0 Å². The Bertz CT molecular complexity index is 1630. The van der Waals surface area contributed by atoms with Gasteiger partial charge < -0.3 is 5.32 Å². The van der Waals surface area contributed by atoms with Crippen LogP contribution in [0.3, 0.4) is 0 Å². The van der Waals surface area contributed by atoms with Gasteiger partial charge in [-0.3, -0.25) is 13.9 Å². The van der Waals surface area contributed by atoms with Crippen LogP contribution in [-0.4, -0.2) is 32.2 Å². The maximum absolute atomic E-state index is 12.7. The fraction of sp³-hybridized carbons (Fsp3) is 0.129. The van der Waals surface area contributed by atoms with Crippen molar-refractivity contribution in [2.75, 3.05) is 15.9 Å². The van der Waals surface area contributed by atoms with E-state index in [1.54, 1.807) is 79.7 Å². The van der Waals surface area contributed by atoms with Crippen molar-refractivity contribution in [1.29, 1.82) is 0 Å². The summed E-state index contributed by atoms with van der Waals surface area (Å²) in [6.45, 7) is 3.88. The third kappa shape index (κ3) is 7.21. The van der Waals surface area contributed by atoms with Gasteiger partial charge in [0.1, 0.15) is 0 Å². The van der Waals surface area contributed by atoms with Gasteiger partial charge in [0.2, 0.25) is 10.0 Å². The summed E-state index contributed by atoms with van der Waals surface area (Å²) in [4.78, 5) is 25.0. The maximum atomic E-state index is 12.7. The largest absolute Gasteiger partial charge is 0.322 e. The Hall–Kier alpha value is -4.76. The van der Waals surface area contributed by atoms with Gasteiger partial charge in [-0.15, -0.1) is 0 Å². The number of anilines is 2. The number of carbonyl (C=O) groups excluding carboxylic acids is 2. The molecule has 0 aliphatic carbocycles. The Morgan fingerprint density at radius 3 is 1.95 bits per heavy atom. The van der Waals surface area contributed by atoms with Gasteiger partial charge in [-0.05, 0) is 79.1 Å². The number of carbonyl (C=O) groups is 2. The maximum Gasteiger partial charge on any atom is 0.271 e. The molecule has 40 heavy (non-hydrogen) atoms. The van der Waals surface area contributed by atoms with Gasteiger partial charge in [0, 0.05) is 16.8 Å². The highest BCUT2D eigenvalue weighted by Crippen LogP contribution is 2.22. The van der Waals surface area contributed by atoms with Gasteiger partial charge in [-0.2, -0.15) is 5.10 Å². The SMILES string of the molecule is C/C(=N/NC(=O)c1ccc(N(Cc2ccccc2C)S(C)(=O)=O)cc1)c1ccc(NC(=O)c2ccccc2)cc1. The van der Waals surface area contributed by atoms with Crippen LogP contribution in [0, 0.1) is 6.92 Å². The first-order chi connectivity index (χ1) is 19.1. The van der Waals surface area contributed by atoms with Crippen molar-refractivity contribution in [3.05, 3.63) is 131 Å². The molecule has 0 bridgehead atoms. The lowest BCUT2D eigenvalue weighted by Crippen LogP contribution is -2.29. The monoisotopic (exact) mass is 554 g/mol. The highest BCUT2D eigenvalue weighted by Gasteiger charge is 2.19. The van der Waals surface area contributed by atoms with Gasteiger partial charge in [0.15, 0.2) is 0 Å². The normalized spacial score (nSPS) is 11.5. The van der Waals surface area contributed by atoms with Crippen LogP contribution in [0.15, 0.2) is 108 Å². The van der Waals surface area contributed by atoms with Crippen LogP contribution in [0.25, 0.3) is 0 Å². The summed E-state index contributed by atoms with van der Waals surface area (Å²) in [6.07, 6.45) is 1.16. The van der Waals surface area contributed by atoms with E-state index in [1.807, 2.05) is 37.3 Å². The number of nitrogens with one attached hydrogen (secondary N) is 2. The van der Waals surface area contributed by atoms with Crippen molar-refractivity contribution in [2.45, 2.75) is 20.4 Å². The molecule has 9 heteroatoms. The molecule has 0 fully saturated rings. The summed E-state index contributed by atoms with van der Waals surface area (Å²) in [5, 5.41) is 7.04. The molecule has 2 N–H and O–H groups in total. The fourth-order valence-corrected chi connectivity index (χ4v) is 4.85. The van der Waals surface area contributed by atoms with Gasteiger partial charge >= 0.3 is 0 Å². The highest BCUT2D eigenvalue weighted by molar-refractivity contribution is 7.92. The minimum Gasteiger partial charge on any atom is -0.322 e. The van der Waals surface area contributed by atoms with Crippen LogP contribution in [0.5, 0.6) is 0 Å². The zero-order valence-electron chi connectivity index (χ0n) is 22.5. The van der Waals surface area contributed by atoms with Crippen LogP contribution in [0.4, 0.5) is 11.4 Å². The van der Waals surface area contributed by atoms with Crippen molar-refractivity contribution in [2.24, 2.45) is 5.10 Å². The van der Waals surface area contributed by atoms with Gasteiger partial charge in [-0.25, -0.2) is 13.8 Å². The predicted octanol–water partition coefficient (Wildman–Crippen LogP) is 5.37. The molecule has 0 radical (unpaired) electrons. The molecule has 4 aromatic rings. The Morgan fingerprint density at radius 2 is 1.32 bits per heavy atom. The number of sulfonamides is 1. The van der Waals surface area contributed by atoms with E-state index in [1.165, 1.54) is 4.31 Å². The average molecular weight is 555 g/mol. The van der Waals surface area contributed by atoms with E-state index >= 15 is 0 Å². The first-order valence-electron chi connectivity index (χ1n) is 12.6. The van der Waals surface area contributed by atoms with Crippen molar-refractivity contribution in [3.8, 4) is 0 Å². The fourth-order valence-electron chi connectivity index (χ4n) is 3.97. The van der Waals surface area contributed by atoms with E-state index < -0.39 is 15.9 Å². The van der Waals surface area contributed by atoms with Crippen LogP contribution in [0.2, 0.25) is 0 Å². The first-order valence-corrected chi connectivity index (χ1v) is 14.4. The minimum atomic E-state index is -3.55. The lowest BCUT2D eigenvalue weighted by molar-refractivity contribution is 0.0954. The molecule has 4 rings (SSSR count). The molecular weight excluding hydrogens is 524 g/mol. The van der Waals surface area contributed by atoms with Crippen LogP contribution in [0.1, 0.15) is 44.3 Å². The summed E-state index contributed by atoms with van der Waals surface area (Å²) < 4.78 is 26.4. The molecule has 0 heterocycles. The second-order valence-electron chi connectivity index (χ2n) is 9.28. The summed E-state index contributed by atoms with van der Waals surface area (Å²) >= 11 is 0. The molecule has 0 atom stereocenters. The van der Waals surface area contributed by atoms with E-state index in [-0.39, 0.29) is 12.5 Å². The van der Waals surface area contributed by atoms with Gasteiger partial charge in [-0.1, -0.05) is 54.6 Å². The number of benzene rings is 4. The lowest BCUT2D eigenvalue weighted by atomic mass is 10.1. The lowest BCUT2D eigenvalue weighted by Gasteiger charge is -2.23. The molecular formula is C31H30N4O4S. The molecule has 0 aromatic heterocycles. The second-order valence-corrected chi connectivity index (χ2v) is 11.2. The summed E-state index contributed by atoms with van der Waals surface area (Å²) in [6, 6.07) is 30.0. The van der Waals surface area contributed by atoms with E-state index in [9.17, 15) is 18.0 Å². The number of hydrogen-bond acceptors (Lipinski definition) is 5. The second kappa shape index (κ2) is 12.4. The summed E-state index contributed by atoms with van der Waals surface area (Å²) in [5.74, 6) is -0.630. The molecule has 8 nitrogen and oxygen atoms in total. The zero-order valence-corrected chi connectivity index (χ0v) is 23.3. The number of hydrogen-bond donors (Lipinski definition) is 2. The molecule has 0 aliphatic heterocycles. The number of amides is 2. The Labute approximate surface area is 234 Å². The van der Waals surface area contributed by atoms with Crippen LogP contribution in [-0.2, 0) is 16.6 Å². The molecule has 0 saturated heterocycles. The summed E-state index contributed by atoms with van der Waals surface area (Å²) in [5.41, 5.74) is 7.77. The third-order valence-electron chi connectivity index (χ3n) is 6.31. The molecule has 0 aliphatic rings. The van der Waals surface area contributed by atoms with E-state index in [0.29, 0.717) is 28.2 Å². The van der Waals surface area contributed by atoms with Crippen molar-refractivity contribution in [3.63, 3.8) is 0 Å². The predicted molar refractivity (Wildman–Crippen MR) is 159 cm³/mol. The molecule has 0 saturated carbocycles. The van der Waals surface area contributed by atoms with E-state index in [4.69, 9.17) is 0 Å². The van der Waals surface area contributed by atoms with Crippen molar-refractivity contribution >= 4 is 38.9 Å². The van der Waals surface area contributed by atoms with E-state index in [0.717, 1.165) is 22.9 Å². The molecule has 0 unspecified atom stereocenters. The molecule has 4 aromatic carbocycles. The number of hydrazone groups is 1. The smallest absolute Gasteiger partial charge is 0.271 e. The van der Waals surface area contributed by atoms with Gasteiger partial charge in [0.05, 0.1) is 24.2 Å². The topological polar surface area (TPSA) is 108 Å². The number of rotatable bonds is 9. The first kappa shape index (κ1) is 28.3. The third-order valence-corrected chi connectivity index (χ3v) is 7.46. The molecule has 0 spiro atoms. The Balaban J connectivity index is 1.40. The van der Waals surface area contributed by atoms with Crippen LogP contribution < -0.4 is 15.0 Å². The molecule has 2 amide bonds. The number of aryl methyl sites for hydroxylation is 1. The van der Waals surface area contributed by atoms with Crippen molar-refractivity contribution in [1.82, 2.24) is 5.43 Å². The quantitative estimate of drug-likeness (QED) is 0.214. The van der Waals surface area contributed by atoms with Crippen LogP contribution >= 0.6 is 0 Å². The zero-order chi connectivity index (χ0) is 28.7. The van der Waals surface area contributed by atoms with Gasteiger partial charge in [0.25, 0.3) is 11.8 Å². The highest BCUT2D eigenvalue weighted by atomic mass is 32.2.